The number of hydrogen-bond acceptors (Lipinski definition) is 5. The third-order valence-electron chi connectivity index (χ3n) is 9.38. The fraction of sp³-hybridized carbons (Fsp3) is 0.324. The van der Waals surface area contributed by atoms with Crippen molar-refractivity contribution in [3.8, 4) is 22.5 Å². The van der Waals surface area contributed by atoms with E-state index in [0.717, 1.165) is 79.8 Å². The van der Waals surface area contributed by atoms with Gasteiger partial charge in [0.05, 0.1) is 31.0 Å². The Morgan fingerprint density at radius 2 is 1.40 bits per heavy atom. The molecule has 3 aromatic rings. The third-order valence-corrected chi connectivity index (χ3v) is 11.2. The van der Waals surface area contributed by atoms with Crippen LogP contribution in [0.3, 0.4) is 0 Å². The van der Waals surface area contributed by atoms with Crippen LogP contribution >= 0.6 is 46.4 Å². The average molecular weight is 686 g/mol. The minimum atomic E-state index is -1.35. The maximum atomic E-state index is 14.5. The van der Waals surface area contributed by atoms with E-state index < -0.39 is 5.97 Å². The Hall–Kier alpha value is -3.23. The zero-order valence-corrected chi connectivity index (χ0v) is 28.0. The molecule has 1 N–H and O–H groups in total. The number of fused-ring (bicyclic) bond motifs is 6. The summed E-state index contributed by atoms with van der Waals surface area (Å²) < 4.78 is 8.34. The summed E-state index contributed by atoms with van der Waals surface area (Å²) in [5.74, 6) is -1.00. The zero-order chi connectivity index (χ0) is 31.9. The Balaban J connectivity index is 1.73. The Morgan fingerprint density at radius 3 is 2.00 bits per heavy atom. The molecule has 0 amide bonds. The summed E-state index contributed by atoms with van der Waals surface area (Å²) >= 11 is 26.4. The van der Waals surface area contributed by atoms with Crippen molar-refractivity contribution < 1.29 is 18.9 Å². The number of aromatic nitrogens is 1. The SMILES string of the molecule is CCN1CCCc2cc3c(-c4c(Cl)c(Cl)c(Cl)c(Cl)c4C(=O)O)c4c(=O)[n+](C)c5cc6c(cc5c-4oc3cc21)CCCN6CC. The normalized spacial score (nSPS) is 14.8. The lowest BCUT2D eigenvalue weighted by Crippen LogP contribution is -2.48. The molecule has 0 aliphatic carbocycles. The first-order valence-corrected chi connectivity index (χ1v) is 16.6. The summed E-state index contributed by atoms with van der Waals surface area (Å²) in [6, 6.07) is 8.14. The molecular formula is C34H30Cl4N3O4+. The largest absolute Gasteiger partial charge is 0.478 e. The third kappa shape index (κ3) is 4.49. The Morgan fingerprint density at radius 1 is 0.822 bits per heavy atom. The van der Waals surface area contributed by atoms with Gasteiger partial charge in [-0.05, 0) is 62.8 Å². The van der Waals surface area contributed by atoms with Crippen LogP contribution in [0, 0.1) is 0 Å². The number of hydrogen-bond donors (Lipinski definition) is 1. The second-order valence-corrected chi connectivity index (χ2v) is 13.2. The van der Waals surface area contributed by atoms with Gasteiger partial charge >= 0.3 is 11.5 Å². The van der Waals surface area contributed by atoms with Gasteiger partial charge in [0.25, 0.3) is 0 Å². The van der Waals surface area contributed by atoms with Crippen molar-refractivity contribution in [3.05, 3.63) is 71.4 Å². The van der Waals surface area contributed by atoms with Crippen LogP contribution in [0.1, 0.15) is 48.2 Å². The average Bonchev–Trinajstić information content (AvgIpc) is 3.04. The lowest BCUT2D eigenvalue weighted by Gasteiger charge is -2.31. The van der Waals surface area contributed by atoms with Crippen LogP contribution in [0.2, 0.25) is 20.1 Å². The first-order chi connectivity index (χ1) is 21.6. The molecule has 232 valence electrons. The van der Waals surface area contributed by atoms with Gasteiger partial charge in [0, 0.05) is 66.2 Å². The smallest absolute Gasteiger partial charge is 0.424 e. The van der Waals surface area contributed by atoms with E-state index in [2.05, 4.69) is 35.8 Å². The number of pyridine rings is 1. The van der Waals surface area contributed by atoms with Crippen LogP contribution in [0.4, 0.5) is 11.4 Å². The van der Waals surface area contributed by atoms with Gasteiger partial charge in [-0.15, -0.1) is 0 Å². The molecule has 0 aromatic heterocycles. The van der Waals surface area contributed by atoms with Gasteiger partial charge in [0.15, 0.2) is 5.76 Å². The lowest BCUT2D eigenvalue weighted by atomic mass is 9.87. The molecule has 11 heteroatoms. The fourth-order valence-electron chi connectivity index (χ4n) is 7.19. The van der Waals surface area contributed by atoms with E-state index in [4.69, 9.17) is 50.8 Å². The lowest BCUT2D eigenvalue weighted by molar-refractivity contribution is -0.658. The molecule has 0 atom stereocenters. The van der Waals surface area contributed by atoms with Crippen molar-refractivity contribution >= 4 is 85.6 Å². The summed E-state index contributed by atoms with van der Waals surface area (Å²) in [5, 5.41) is 11.1. The highest BCUT2D eigenvalue weighted by molar-refractivity contribution is 6.54. The molecule has 0 bridgehead atoms. The van der Waals surface area contributed by atoms with Gasteiger partial charge in [-0.3, -0.25) is 0 Å². The maximum Gasteiger partial charge on any atom is 0.424 e. The highest BCUT2D eigenvalue weighted by Gasteiger charge is 2.36. The van der Waals surface area contributed by atoms with Crippen LogP contribution < -0.4 is 19.9 Å². The van der Waals surface area contributed by atoms with Gasteiger partial charge in [-0.25, -0.2) is 9.59 Å². The number of benzene rings is 3. The van der Waals surface area contributed by atoms with Gasteiger partial charge in [-0.1, -0.05) is 46.4 Å². The van der Waals surface area contributed by atoms with E-state index in [1.54, 1.807) is 11.6 Å². The molecule has 7 rings (SSSR count). The molecule has 3 aromatic carbocycles. The van der Waals surface area contributed by atoms with E-state index >= 15 is 0 Å². The molecule has 0 radical (unpaired) electrons. The summed E-state index contributed by atoms with van der Waals surface area (Å²) in [7, 11) is 1.72. The second-order valence-electron chi connectivity index (χ2n) is 11.7. The van der Waals surface area contributed by atoms with Crippen molar-refractivity contribution in [2.24, 2.45) is 7.05 Å². The Labute approximate surface area is 279 Å². The number of halogens is 4. The van der Waals surface area contributed by atoms with Crippen LogP contribution in [0.15, 0.2) is 33.5 Å². The van der Waals surface area contributed by atoms with Crippen LogP contribution in [-0.2, 0) is 19.9 Å². The summed E-state index contributed by atoms with van der Waals surface area (Å²) in [6.07, 6.45) is 3.68. The predicted molar refractivity (Wildman–Crippen MR) is 183 cm³/mol. The molecule has 4 heterocycles. The molecule has 0 saturated carbocycles. The van der Waals surface area contributed by atoms with E-state index in [1.807, 2.05) is 12.1 Å². The minimum absolute atomic E-state index is 0.0315. The molecule has 0 fully saturated rings. The molecule has 0 spiro atoms. The highest BCUT2D eigenvalue weighted by Crippen LogP contribution is 2.51. The number of carboxylic acid groups (broad SMARTS) is 1. The molecule has 0 unspecified atom stereocenters. The molecular weight excluding hydrogens is 656 g/mol. The quantitative estimate of drug-likeness (QED) is 0.0673. The van der Waals surface area contributed by atoms with Crippen molar-refractivity contribution in [2.75, 3.05) is 36.0 Å². The molecule has 4 aliphatic heterocycles. The van der Waals surface area contributed by atoms with Gasteiger partial charge in [0.1, 0.15) is 18.2 Å². The topological polar surface area (TPSA) is 77.9 Å². The monoisotopic (exact) mass is 684 g/mol. The molecule has 45 heavy (non-hydrogen) atoms. The number of carboxylic acids is 1. The van der Waals surface area contributed by atoms with E-state index in [9.17, 15) is 14.7 Å². The number of aryl methyl sites for hydroxylation is 3. The summed E-state index contributed by atoms with van der Waals surface area (Å²) in [6.45, 7) is 7.77. The molecule has 4 aliphatic rings. The number of aromatic carboxylic acids is 1. The van der Waals surface area contributed by atoms with Crippen LogP contribution in [0.25, 0.3) is 44.3 Å². The van der Waals surface area contributed by atoms with E-state index in [1.165, 1.54) is 0 Å². The van der Waals surface area contributed by atoms with Crippen molar-refractivity contribution in [2.45, 2.75) is 39.5 Å². The highest BCUT2D eigenvalue weighted by atomic mass is 35.5. The second kappa shape index (κ2) is 11.2. The number of carbonyl (C=O) groups is 1. The molecule has 7 nitrogen and oxygen atoms in total. The summed E-state index contributed by atoms with van der Waals surface area (Å²) in [4.78, 5) is 32.0. The first kappa shape index (κ1) is 30.4. The van der Waals surface area contributed by atoms with Gasteiger partial charge in [0.2, 0.25) is 5.52 Å². The van der Waals surface area contributed by atoms with Crippen LogP contribution in [0.5, 0.6) is 0 Å². The van der Waals surface area contributed by atoms with Crippen molar-refractivity contribution in [1.82, 2.24) is 0 Å². The fourth-order valence-corrected chi connectivity index (χ4v) is 8.22. The zero-order valence-electron chi connectivity index (χ0n) is 25.0. The summed E-state index contributed by atoms with van der Waals surface area (Å²) in [5.41, 5.74) is 5.43. The number of rotatable bonds is 4. The number of anilines is 2. The van der Waals surface area contributed by atoms with Gasteiger partial charge < -0.3 is 19.3 Å². The first-order valence-electron chi connectivity index (χ1n) is 15.1. The predicted octanol–water partition coefficient (Wildman–Crippen LogP) is 8.40. The Bertz CT molecular complexity index is 2130. The minimum Gasteiger partial charge on any atom is -0.478 e. The van der Waals surface area contributed by atoms with Crippen LogP contribution in [-0.4, -0.2) is 37.3 Å². The molecule has 0 saturated heterocycles. The van der Waals surface area contributed by atoms with E-state index in [0.29, 0.717) is 27.8 Å². The van der Waals surface area contributed by atoms with E-state index in [-0.39, 0.29) is 42.3 Å². The van der Waals surface area contributed by atoms with Crippen molar-refractivity contribution in [1.29, 1.82) is 0 Å². The maximum absolute atomic E-state index is 14.5. The standard InChI is InChI=1S/C34H29Cl4N3O4/c1-4-40-10-6-8-16-12-18-22(14-20(16)40)39(3)33(42)27-24(25-26(34(43)44)29(36)31(38)30(37)28(25)35)19-13-17-9-7-11-41(5-2)21(17)15-23(19)45-32(18)27/h12-15H,4-11H2,1-3H3/p+1. The Kier molecular flexibility index (Phi) is 7.59. The van der Waals surface area contributed by atoms with Crippen molar-refractivity contribution in [3.63, 3.8) is 0 Å². The van der Waals surface area contributed by atoms with Gasteiger partial charge in [-0.2, -0.15) is 4.57 Å². The number of nitrogens with zero attached hydrogens (tertiary/aromatic N) is 3.